The Morgan fingerprint density at radius 1 is 1.00 bits per heavy atom. The number of rotatable bonds is 2. The van der Waals surface area contributed by atoms with Crippen molar-refractivity contribution >= 4 is 34.5 Å². The molecule has 3 rings (SSSR count). The zero-order valence-corrected chi connectivity index (χ0v) is 12.5. The molecule has 0 amide bonds. The van der Waals surface area contributed by atoms with Gasteiger partial charge in [0.25, 0.3) is 0 Å². The Balaban J connectivity index is 2.01. The van der Waals surface area contributed by atoms with Crippen LogP contribution in [-0.4, -0.2) is 10.1 Å². The van der Waals surface area contributed by atoms with E-state index < -0.39 is 0 Å². The molecular weight excluding hydrogens is 313 g/mol. The first-order valence-electron chi connectivity index (χ1n) is 5.84. The van der Waals surface area contributed by atoms with Crippen LogP contribution in [0.4, 0.5) is 0 Å². The van der Waals surface area contributed by atoms with E-state index in [1.54, 1.807) is 30.3 Å². The van der Waals surface area contributed by atoms with Crippen LogP contribution in [0.3, 0.4) is 0 Å². The predicted molar refractivity (Wildman–Crippen MR) is 84.7 cm³/mol. The van der Waals surface area contributed by atoms with Gasteiger partial charge in [-0.25, -0.2) is 4.98 Å². The fourth-order valence-corrected chi connectivity index (χ4v) is 3.04. The second-order valence-corrected chi connectivity index (χ2v) is 5.91. The van der Waals surface area contributed by atoms with E-state index in [9.17, 15) is 5.11 Å². The van der Waals surface area contributed by atoms with Gasteiger partial charge in [-0.3, -0.25) is 0 Å². The minimum absolute atomic E-state index is 0.239. The Morgan fingerprint density at radius 3 is 2.50 bits per heavy atom. The Hall–Kier alpha value is -1.55. The van der Waals surface area contributed by atoms with Crippen LogP contribution in [0.2, 0.25) is 10.0 Å². The number of thiazole rings is 1. The fraction of sp³-hybridized carbons (Fsp3) is 0. The highest BCUT2D eigenvalue weighted by molar-refractivity contribution is 7.13. The maximum atomic E-state index is 9.30. The molecule has 0 unspecified atom stereocenters. The molecule has 1 heterocycles. The average molecular weight is 322 g/mol. The monoisotopic (exact) mass is 321 g/mol. The summed E-state index contributed by atoms with van der Waals surface area (Å²) in [6.45, 7) is 0. The molecule has 0 aliphatic heterocycles. The third-order valence-corrected chi connectivity index (χ3v) is 4.28. The van der Waals surface area contributed by atoms with Gasteiger partial charge in [-0.1, -0.05) is 23.2 Å². The zero-order valence-electron chi connectivity index (χ0n) is 10.2. The molecule has 1 N–H and O–H groups in total. The summed E-state index contributed by atoms with van der Waals surface area (Å²) in [7, 11) is 0. The summed E-state index contributed by atoms with van der Waals surface area (Å²) in [6, 6.07) is 12.3. The largest absolute Gasteiger partial charge is 0.508 e. The molecule has 0 saturated carbocycles. The number of aromatic hydroxyl groups is 1. The van der Waals surface area contributed by atoms with Crippen LogP contribution in [-0.2, 0) is 0 Å². The van der Waals surface area contributed by atoms with Gasteiger partial charge < -0.3 is 5.11 Å². The first kappa shape index (κ1) is 13.4. The van der Waals surface area contributed by atoms with Crippen LogP contribution in [0.25, 0.3) is 21.8 Å². The topological polar surface area (TPSA) is 33.1 Å². The van der Waals surface area contributed by atoms with Gasteiger partial charge in [-0.05, 0) is 42.5 Å². The molecule has 0 bridgehead atoms. The smallest absolute Gasteiger partial charge is 0.124 e. The van der Waals surface area contributed by atoms with E-state index >= 15 is 0 Å². The molecule has 1 aromatic heterocycles. The second-order valence-electron chi connectivity index (χ2n) is 4.21. The molecule has 0 atom stereocenters. The Morgan fingerprint density at radius 2 is 1.75 bits per heavy atom. The lowest BCUT2D eigenvalue weighted by Crippen LogP contribution is -1.81. The third-order valence-electron chi connectivity index (χ3n) is 2.82. The van der Waals surface area contributed by atoms with Gasteiger partial charge in [0.1, 0.15) is 10.8 Å². The molecule has 0 radical (unpaired) electrons. The van der Waals surface area contributed by atoms with Crippen LogP contribution in [0, 0.1) is 0 Å². The van der Waals surface area contributed by atoms with Crippen molar-refractivity contribution in [1.82, 2.24) is 4.98 Å². The van der Waals surface area contributed by atoms with Crippen LogP contribution in [0.15, 0.2) is 47.8 Å². The van der Waals surface area contributed by atoms with E-state index in [0.717, 1.165) is 21.8 Å². The Bertz CT molecular complexity index is 753. The number of phenols is 1. The van der Waals surface area contributed by atoms with Crippen LogP contribution in [0.5, 0.6) is 5.75 Å². The molecule has 2 aromatic carbocycles. The minimum Gasteiger partial charge on any atom is -0.508 e. The summed E-state index contributed by atoms with van der Waals surface area (Å²) in [4.78, 5) is 4.58. The number of aromatic nitrogens is 1. The maximum absolute atomic E-state index is 9.30. The van der Waals surface area contributed by atoms with Crippen molar-refractivity contribution in [2.75, 3.05) is 0 Å². The number of nitrogens with zero attached hydrogens (tertiary/aromatic N) is 1. The first-order chi connectivity index (χ1) is 9.63. The number of phenolic OH excluding ortho intramolecular Hbond substituents is 1. The highest BCUT2D eigenvalue weighted by atomic mass is 35.5. The number of benzene rings is 2. The van der Waals surface area contributed by atoms with E-state index in [2.05, 4.69) is 4.98 Å². The van der Waals surface area contributed by atoms with E-state index in [4.69, 9.17) is 23.2 Å². The molecule has 0 aliphatic carbocycles. The quantitative estimate of drug-likeness (QED) is 0.677. The van der Waals surface area contributed by atoms with Crippen LogP contribution < -0.4 is 0 Å². The van der Waals surface area contributed by atoms with Gasteiger partial charge in [0.15, 0.2) is 0 Å². The molecule has 5 heteroatoms. The molecule has 0 saturated heterocycles. The van der Waals surface area contributed by atoms with Gasteiger partial charge in [0, 0.05) is 21.5 Å². The zero-order chi connectivity index (χ0) is 14.1. The third kappa shape index (κ3) is 2.66. The highest BCUT2D eigenvalue weighted by Gasteiger charge is 2.10. The number of hydrogen-bond acceptors (Lipinski definition) is 3. The van der Waals surface area contributed by atoms with Crippen molar-refractivity contribution in [3.05, 3.63) is 57.9 Å². The normalized spacial score (nSPS) is 10.7. The fourth-order valence-electron chi connectivity index (χ4n) is 1.83. The van der Waals surface area contributed by atoms with Gasteiger partial charge in [-0.15, -0.1) is 11.3 Å². The lowest BCUT2D eigenvalue weighted by atomic mass is 10.2. The molecule has 0 spiro atoms. The average Bonchev–Trinajstić information content (AvgIpc) is 2.92. The van der Waals surface area contributed by atoms with Crippen molar-refractivity contribution in [3.63, 3.8) is 0 Å². The summed E-state index contributed by atoms with van der Waals surface area (Å²) in [5, 5.41) is 13.4. The van der Waals surface area contributed by atoms with Crippen molar-refractivity contribution < 1.29 is 5.11 Å². The predicted octanol–water partition coefficient (Wildman–Crippen LogP) is 5.49. The summed E-state index contributed by atoms with van der Waals surface area (Å²) in [6.07, 6.45) is 0. The SMILES string of the molecule is Oc1ccc(-c2nc(-c3cc(Cl)ccc3Cl)cs2)cc1. The van der Waals surface area contributed by atoms with Gasteiger partial charge in [-0.2, -0.15) is 0 Å². The van der Waals surface area contributed by atoms with Gasteiger partial charge in [0.05, 0.1) is 10.7 Å². The van der Waals surface area contributed by atoms with E-state index in [1.165, 1.54) is 11.3 Å². The molecule has 3 aromatic rings. The molecule has 0 fully saturated rings. The van der Waals surface area contributed by atoms with E-state index in [0.29, 0.717) is 10.0 Å². The van der Waals surface area contributed by atoms with Crippen molar-refractivity contribution in [2.45, 2.75) is 0 Å². The lowest BCUT2D eigenvalue weighted by Gasteiger charge is -2.01. The van der Waals surface area contributed by atoms with Crippen LogP contribution in [0.1, 0.15) is 0 Å². The van der Waals surface area contributed by atoms with Gasteiger partial charge in [0.2, 0.25) is 0 Å². The maximum Gasteiger partial charge on any atom is 0.124 e. The van der Waals surface area contributed by atoms with Crippen LogP contribution >= 0.6 is 34.5 Å². The lowest BCUT2D eigenvalue weighted by molar-refractivity contribution is 0.475. The van der Waals surface area contributed by atoms with Crippen molar-refractivity contribution in [3.8, 4) is 27.6 Å². The highest BCUT2D eigenvalue weighted by Crippen LogP contribution is 2.34. The van der Waals surface area contributed by atoms with Crippen molar-refractivity contribution in [2.24, 2.45) is 0 Å². The molecule has 2 nitrogen and oxygen atoms in total. The Kier molecular flexibility index (Phi) is 3.66. The molecule has 100 valence electrons. The van der Waals surface area contributed by atoms with E-state index in [1.807, 2.05) is 17.5 Å². The molecule has 0 aliphatic rings. The first-order valence-corrected chi connectivity index (χ1v) is 7.47. The number of halogens is 2. The van der Waals surface area contributed by atoms with Gasteiger partial charge >= 0.3 is 0 Å². The molecule has 20 heavy (non-hydrogen) atoms. The summed E-state index contributed by atoms with van der Waals surface area (Å²) < 4.78 is 0. The Labute approximate surface area is 130 Å². The standard InChI is InChI=1S/C15H9Cl2NOS/c16-10-3-6-13(17)12(7-10)14-8-20-15(18-14)9-1-4-11(19)5-2-9/h1-8,19H. The minimum atomic E-state index is 0.239. The summed E-state index contributed by atoms with van der Waals surface area (Å²) in [5.41, 5.74) is 2.57. The van der Waals surface area contributed by atoms with E-state index in [-0.39, 0.29) is 5.75 Å². The van der Waals surface area contributed by atoms with Crippen molar-refractivity contribution in [1.29, 1.82) is 0 Å². The second kappa shape index (κ2) is 5.44. The summed E-state index contributed by atoms with van der Waals surface area (Å²) >= 11 is 13.7. The molecular formula is C15H9Cl2NOS. The number of hydrogen-bond donors (Lipinski definition) is 1. The summed E-state index contributed by atoms with van der Waals surface area (Å²) in [5.74, 6) is 0.239.